The Kier molecular flexibility index (Phi) is 7.30. The lowest BCUT2D eigenvalue weighted by atomic mass is 9.94. The van der Waals surface area contributed by atoms with Crippen LogP contribution in [0.5, 0.6) is 5.75 Å². The van der Waals surface area contributed by atoms with Gasteiger partial charge in [0, 0.05) is 34.6 Å². The van der Waals surface area contributed by atoms with E-state index in [1.54, 1.807) is 4.68 Å². The molecule has 2 N–H and O–H groups in total. The first-order valence-electron chi connectivity index (χ1n) is 11.9. The monoisotopic (exact) mass is 527 g/mol. The number of nitro benzene ring substituents is 1. The molecule has 1 saturated carbocycles. The van der Waals surface area contributed by atoms with E-state index in [1.165, 1.54) is 29.7 Å². The number of ether oxygens (including phenoxy) is 1. The highest BCUT2D eigenvalue weighted by Crippen LogP contribution is 2.47. The molecule has 0 saturated heterocycles. The van der Waals surface area contributed by atoms with E-state index in [0.29, 0.717) is 24.2 Å². The summed E-state index contributed by atoms with van der Waals surface area (Å²) in [6.45, 7) is 7.89. The zero-order chi connectivity index (χ0) is 26.9. The van der Waals surface area contributed by atoms with Crippen LogP contribution >= 0.6 is 11.5 Å². The molecule has 2 aromatic heterocycles. The lowest BCUT2D eigenvalue weighted by Gasteiger charge is -2.22. The number of amides is 1. The highest BCUT2D eigenvalue weighted by atomic mass is 32.1. The number of aryl methyl sites for hydroxylation is 1. The molecule has 2 unspecified atom stereocenters. The van der Waals surface area contributed by atoms with Crippen molar-refractivity contribution in [1.29, 1.82) is 0 Å². The lowest BCUT2D eigenvalue weighted by Crippen LogP contribution is -2.27. The zero-order valence-corrected chi connectivity index (χ0v) is 21.9. The molecule has 0 aliphatic heterocycles. The zero-order valence-electron chi connectivity index (χ0n) is 21.1. The molecule has 196 valence electrons. The molecule has 3 aromatic rings. The number of rotatable bonds is 7. The predicted molar refractivity (Wildman–Crippen MR) is 137 cm³/mol. The van der Waals surface area contributed by atoms with Gasteiger partial charge in [0.25, 0.3) is 5.69 Å². The van der Waals surface area contributed by atoms with Gasteiger partial charge in [0.05, 0.1) is 28.3 Å². The number of carboxylic acid groups (broad SMARTS) is 1. The normalized spacial score (nSPS) is 17.5. The average Bonchev–Trinajstić information content (AvgIpc) is 3.53. The maximum Gasteiger partial charge on any atom is 0.511 e. The number of nitrogens with zero attached hydrogens (tertiary/aromatic N) is 4. The second-order valence-electron chi connectivity index (χ2n) is 10.3. The van der Waals surface area contributed by atoms with Gasteiger partial charge in [0.15, 0.2) is 0 Å². The number of anilines is 1. The van der Waals surface area contributed by atoms with Crippen molar-refractivity contribution in [3.05, 3.63) is 62.3 Å². The van der Waals surface area contributed by atoms with E-state index >= 15 is 0 Å². The molecule has 1 amide bonds. The summed E-state index contributed by atoms with van der Waals surface area (Å²) in [5, 5.41) is 28.3. The molecule has 1 fully saturated rings. The average molecular weight is 528 g/mol. The number of hydrogen-bond donors (Lipinski definition) is 2. The van der Waals surface area contributed by atoms with E-state index in [1.807, 2.05) is 39.8 Å². The fraction of sp³-hybridized carbons (Fsp3) is 0.440. The quantitative estimate of drug-likeness (QED) is 0.174. The molecule has 37 heavy (non-hydrogen) atoms. The third kappa shape index (κ3) is 6.13. The maximum atomic E-state index is 12.8. The summed E-state index contributed by atoms with van der Waals surface area (Å²) in [5.74, 6) is 0.451. The minimum Gasteiger partial charge on any atom is -0.449 e. The molecule has 0 bridgehead atoms. The van der Waals surface area contributed by atoms with Gasteiger partial charge in [-0.1, -0.05) is 0 Å². The Balaban J connectivity index is 1.56. The number of non-ortho nitro benzene ring substituents is 1. The van der Waals surface area contributed by atoms with Crippen molar-refractivity contribution in [2.24, 2.45) is 0 Å². The van der Waals surface area contributed by atoms with E-state index in [2.05, 4.69) is 9.69 Å². The minimum absolute atomic E-state index is 0.0327. The van der Waals surface area contributed by atoms with Crippen LogP contribution in [0.2, 0.25) is 0 Å². The van der Waals surface area contributed by atoms with Crippen LogP contribution in [0.3, 0.4) is 0 Å². The Labute approximate surface area is 217 Å². The van der Waals surface area contributed by atoms with Gasteiger partial charge in [-0.25, -0.2) is 9.48 Å². The summed E-state index contributed by atoms with van der Waals surface area (Å²) in [4.78, 5) is 35.6. The van der Waals surface area contributed by atoms with Crippen molar-refractivity contribution < 1.29 is 24.4 Å². The second kappa shape index (κ2) is 10.3. The summed E-state index contributed by atoms with van der Waals surface area (Å²) in [6, 6.07) is 7.75. The molecule has 1 aromatic carbocycles. The molecule has 1 aliphatic rings. The number of benzene rings is 1. The van der Waals surface area contributed by atoms with Gasteiger partial charge in [-0.2, -0.15) is 9.47 Å². The first-order chi connectivity index (χ1) is 17.4. The topological polar surface area (TPSA) is 149 Å². The lowest BCUT2D eigenvalue weighted by molar-refractivity contribution is -0.385. The van der Waals surface area contributed by atoms with Crippen LogP contribution < -0.4 is 10.1 Å². The van der Waals surface area contributed by atoms with Crippen LogP contribution in [0.15, 0.2) is 30.3 Å². The van der Waals surface area contributed by atoms with E-state index in [4.69, 9.17) is 14.9 Å². The first-order valence-corrected chi connectivity index (χ1v) is 12.7. The molecule has 1 aliphatic carbocycles. The van der Waals surface area contributed by atoms with Crippen molar-refractivity contribution in [3.63, 3.8) is 0 Å². The van der Waals surface area contributed by atoms with Gasteiger partial charge < -0.3 is 15.2 Å². The Bertz CT molecular complexity index is 1340. The standard InChI is InChI=1S/C25H29N5O6S/c1-14-9-18(37-28-14)12-23(31)26-22-13-20(27-29(22)25(2,3)4)16-6-5-15(10-16)19-11-17(30(34)35)7-8-21(19)36-24(32)33/h7-9,11,13,15-16H,5-6,10,12H2,1-4H3,(H,26,31)(H,32,33). The van der Waals surface area contributed by atoms with Gasteiger partial charge in [0.1, 0.15) is 11.6 Å². The van der Waals surface area contributed by atoms with Crippen LogP contribution in [0.25, 0.3) is 0 Å². The molecular weight excluding hydrogens is 498 g/mol. The largest absolute Gasteiger partial charge is 0.511 e. The van der Waals surface area contributed by atoms with E-state index in [-0.39, 0.29) is 41.1 Å². The minimum atomic E-state index is -1.47. The molecular formula is C25H29N5O6S. The van der Waals surface area contributed by atoms with Crippen LogP contribution in [-0.4, -0.2) is 36.2 Å². The third-order valence-corrected chi connectivity index (χ3v) is 7.21. The van der Waals surface area contributed by atoms with Gasteiger partial charge in [-0.3, -0.25) is 14.9 Å². The summed E-state index contributed by atoms with van der Waals surface area (Å²) in [5.41, 5.74) is 1.69. The molecule has 0 spiro atoms. The van der Waals surface area contributed by atoms with Crippen LogP contribution in [0.1, 0.15) is 73.7 Å². The smallest absolute Gasteiger partial charge is 0.449 e. The number of nitro groups is 1. The van der Waals surface area contributed by atoms with Crippen LogP contribution in [-0.2, 0) is 16.8 Å². The summed E-state index contributed by atoms with van der Waals surface area (Å²) in [7, 11) is 0. The second-order valence-corrected chi connectivity index (χ2v) is 11.1. The fourth-order valence-corrected chi connectivity index (χ4v) is 5.47. The summed E-state index contributed by atoms with van der Waals surface area (Å²) in [6.07, 6.45) is 0.820. The van der Waals surface area contributed by atoms with Crippen molar-refractivity contribution >= 4 is 35.1 Å². The van der Waals surface area contributed by atoms with Gasteiger partial charge in [-0.05, 0) is 76.5 Å². The van der Waals surface area contributed by atoms with Crippen molar-refractivity contribution in [3.8, 4) is 5.75 Å². The number of carbonyl (C=O) groups is 2. The van der Waals surface area contributed by atoms with Crippen molar-refractivity contribution in [2.75, 3.05) is 5.32 Å². The van der Waals surface area contributed by atoms with E-state index < -0.39 is 11.1 Å². The Hall–Kier alpha value is -3.80. The number of hydrogen-bond acceptors (Lipinski definition) is 8. The SMILES string of the molecule is Cc1cc(CC(=O)Nc2cc(C3CCC(c4cc([N+](=O)[O-])ccc4OC(=O)O)C3)nn2C(C)(C)C)sn1. The van der Waals surface area contributed by atoms with Crippen LogP contribution in [0.4, 0.5) is 16.3 Å². The number of carbonyl (C=O) groups excluding carboxylic acids is 1. The maximum absolute atomic E-state index is 12.8. The Morgan fingerprint density at radius 2 is 1.97 bits per heavy atom. The van der Waals surface area contributed by atoms with Crippen LogP contribution in [0, 0.1) is 17.0 Å². The molecule has 4 rings (SSSR count). The Morgan fingerprint density at radius 3 is 2.59 bits per heavy atom. The molecule has 2 atom stereocenters. The number of aromatic nitrogens is 3. The molecule has 11 nitrogen and oxygen atoms in total. The van der Waals surface area contributed by atoms with E-state index in [9.17, 15) is 19.7 Å². The summed E-state index contributed by atoms with van der Waals surface area (Å²) >= 11 is 1.31. The highest BCUT2D eigenvalue weighted by Gasteiger charge is 2.33. The van der Waals surface area contributed by atoms with Gasteiger partial charge in [-0.15, -0.1) is 0 Å². The highest BCUT2D eigenvalue weighted by molar-refractivity contribution is 7.05. The van der Waals surface area contributed by atoms with Gasteiger partial charge in [0.2, 0.25) is 5.91 Å². The first kappa shape index (κ1) is 26.3. The molecule has 12 heteroatoms. The molecule has 2 heterocycles. The molecule has 0 radical (unpaired) electrons. The predicted octanol–water partition coefficient (Wildman–Crippen LogP) is 5.60. The summed E-state index contributed by atoms with van der Waals surface area (Å²) < 4.78 is 10.9. The third-order valence-electron chi connectivity index (χ3n) is 6.33. The fourth-order valence-electron chi connectivity index (χ4n) is 4.73. The van der Waals surface area contributed by atoms with Crippen molar-refractivity contribution in [1.82, 2.24) is 14.2 Å². The Morgan fingerprint density at radius 1 is 1.24 bits per heavy atom. The van der Waals surface area contributed by atoms with E-state index in [0.717, 1.165) is 22.7 Å². The number of nitrogens with one attached hydrogen (secondary N) is 1. The van der Waals surface area contributed by atoms with Crippen molar-refractivity contribution in [2.45, 2.75) is 70.8 Å². The van der Waals surface area contributed by atoms with Gasteiger partial charge >= 0.3 is 6.16 Å².